The molecule has 0 saturated carbocycles. The van der Waals surface area contributed by atoms with Gasteiger partial charge in [0.2, 0.25) is 0 Å². The van der Waals surface area contributed by atoms with Crippen LogP contribution in [-0.2, 0) is 6.54 Å². The van der Waals surface area contributed by atoms with Crippen LogP contribution in [0.25, 0.3) is 10.8 Å². The van der Waals surface area contributed by atoms with Crippen LogP contribution in [0.1, 0.15) is 17.1 Å². The van der Waals surface area contributed by atoms with Gasteiger partial charge in [0.05, 0.1) is 6.21 Å². The maximum atomic E-state index is 5.53. The normalized spacial score (nSPS) is 16.1. The van der Waals surface area contributed by atoms with Crippen LogP contribution in [0, 0.1) is 6.92 Å². The summed E-state index contributed by atoms with van der Waals surface area (Å²) in [7, 11) is 0. The highest BCUT2D eigenvalue weighted by Gasteiger charge is 2.16. The van der Waals surface area contributed by atoms with Gasteiger partial charge in [0, 0.05) is 32.7 Å². The molecule has 1 fully saturated rings. The zero-order valence-corrected chi connectivity index (χ0v) is 14.6. The average Bonchev–Trinajstić information content (AvgIpc) is 3.07. The molecule has 0 N–H and O–H groups in total. The molecule has 0 radical (unpaired) electrons. The van der Waals surface area contributed by atoms with Crippen LogP contribution < -0.4 is 0 Å². The van der Waals surface area contributed by atoms with E-state index < -0.39 is 0 Å². The van der Waals surface area contributed by atoms with E-state index in [2.05, 4.69) is 57.5 Å². The van der Waals surface area contributed by atoms with E-state index in [1.165, 1.54) is 16.3 Å². The molecule has 0 bridgehead atoms. The molecule has 0 unspecified atom stereocenters. The first-order valence-electron chi connectivity index (χ1n) is 8.82. The first-order valence-corrected chi connectivity index (χ1v) is 8.82. The standard InChI is InChI=1S/C21H23N3O/c1-17-9-10-20(25-17)15-22-24-13-11-23(12-14-24)16-19-7-4-6-18-5-2-3-8-21(18)19/h2-10,15H,11-14,16H2,1H3. The highest BCUT2D eigenvalue weighted by molar-refractivity contribution is 5.85. The fourth-order valence-electron chi connectivity index (χ4n) is 3.34. The molecule has 1 aromatic heterocycles. The van der Waals surface area contributed by atoms with E-state index in [4.69, 9.17) is 4.42 Å². The summed E-state index contributed by atoms with van der Waals surface area (Å²) in [5, 5.41) is 9.35. The summed E-state index contributed by atoms with van der Waals surface area (Å²) in [5.74, 6) is 1.73. The molecular weight excluding hydrogens is 310 g/mol. The third kappa shape index (κ3) is 3.74. The van der Waals surface area contributed by atoms with Crippen molar-refractivity contribution in [2.75, 3.05) is 26.2 Å². The summed E-state index contributed by atoms with van der Waals surface area (Å²) >= 11 is 0. The Morgan fingerprint density at radius 3 is 2.56 bits per heavy atom. The second kappa shape index (κ2) is 7.11. The summed E-state index contributed by atoms with van der Waals surface area (Å²) < 4.78 is 5.53. The number of hydrogen-bond acceptors (Lipinski definition) is 4. The molecule has 1 aliphatic rings. The summed E-state index contributed by atoms with van der Waals surface area (Å²) in [6.07, 6.45) is 1.81. The largest absolute Gasteiger partial charge is 0.460 e. The number of benzene rings is 2. The van der Waals surface area contributed by atoms with Crippen LogP contribution in [0.2, 0.25) is 0 Å². The SMILES string of the molecule is Cc1ccc(C=NN2CCN(Cc3cccc4ccccc34)CC2)o1. The fourth-order valence-corrected chi connectivity index (χ4v) is 3.34. The Bertz CT molecular complexity index is 870. The minimum atomic E-state index is 0.815. The highest BCUT2D eigenvalue weighted by Crippen LogP contribution is 2.20. The molecule has 25 heavy (non-hydrogen) atoms. The minimum Gasteiger partial charge on any atom is -0.460 e. The topological polar surface area (TPSA) is 32.0 Å². The number of aryl methyl sites for hydroxylation is 1. The number of hydrogen-bond donors (Lipinski definition) is 0. The van der Waals surface area contributed by atoms with Gasteiger partial charge < -0.3 is 4.42 Å². The summed E-state index contributed by atoms with van der Waals surface area (Å²) in [6, 6.07) is 19.1. The molecule has 3 aromatic rings. The monoisotopic (exact) mass is 333 g/mol. The Kier molecular flexibility index (Phi) is 4.53. The Balaban J connectivity index is 1.36. The van der Waals surface area contributed by atoms with Gasteiger partial charge in [-0.3, -0.25) is 9.91 Å². The van der Waals surface area contributed by atoms with E-state index in [0.717, 1.165) is 44.2 Å². The fraction of sp³-hybridized carbons (Fsp3) is 0.286. The number of piperazine rings is 1. The lowest BCUT2D eigenvalue weighted by atomic mass is 10.0. The Morgan fingerprint density at radius 1 is 0.960 bits per heavy atom. The maximum absolute atomic E-state index is 5.53. The first-order chi connectivity index (χ1) is 12.3. The van der Waals surface area contributed by atoms with Crippen molar-refractivity contribution in [3.8, 4) is 0 Å². The van der Waals surface area contributed by atoms with Gasteiger partial charge >= 0.3 is 0 Å². The average molecular weight is 333 g/mol. The van der Waals surface area contributed by atoms with E-state index in [-0.39, 0.29) is 0 Å². The van der Waals surface area contributed by atoms with Crippen molar-refractivity contribution in [2.45, 2.75) is 13.5 Å². The van der Waals surface area contributed by atoms with Gasteiger partial charge in [0.25, 0.3) is 0 Å². The second-order valence-electron chi connectivity index (χ2n) is 6.56. The number of rotatable bonds is 4. The zero-order valence-electron chi connectivity index (χ0n) is 14.6. The van der Waals surface area contributed by atoms with Crippen molar-refractivity contribution in [3.63, 3.8) is 0 Å². The van der Waals surface area contributed by atoms with Gasteiger partial charge in [-0.05, 0) is 35.4 Å². The molecule has 1 saturated heterocycles. The van der Waals surface area contributed by atoms with Crippen LogP contribution in [0.5, 0.6) is 0 Å². The van der Waals surface area contributed by atoms with Gasteiger partial charge in [-0.1, -0.05) is 42.5 Å². The Hall–Kier alpha value is -2.59. The summed E-state index contributed by atoms with van der Waals surface area (Å²) in [6.45, 7) is 6.89. The van der Waals surface area contributed by atoms with Gasteiger partial charge in [0.15, 0.2) is 0 Å². The quantitative estimate of drug-likeness (QED) is 0.679. The lowest BCUT2D eigenvalue weighted by Gasteiger charge is -2.33. The maximum Gasteiger partial charge on any atom is 0.147 e. The van der Waals surface area contributed by atoms with E-state index in [1.54, 1.807) is 0 Å². The van der Waals surface area contributed by atoms with Crippen LogP contribution in [0.3, 0.4) is 0 Å². The molecular formula is C21H23N3O. The second-order valence-corrected chi connectivity index (χ2v) is 6.56. The lowest BCUT2D eigenvalue weighted by molar-refractivity contribution is 0.131. The van der Waals surface area contributed by atoms with Crippen LogP contribution in [-0.4, -0.2) is 42.3 Å². The lowest BCUT2D eigenvalue weighted by Crippen LogP contribution is -2.43. The van der Waals surface area contributed by atoms with Crippen molar-refractivity contribution in [2.24, 2.45) is 5.10 Å². The molecule has 4 nitrogen and oxygen atoms in total. The number of fused-ring (bicyclic) bond motifs is 1. The smallest absolute Gasteiger partial charge is 0.147 e. The van der Waals surface area contributed by atoms with E-state index in [0.29, 0.717) is 0 Å². The molecule has 4 rings (SSSR count). The van der Waals surface area contributed by atoms with Gasteiger partial charge in [-0.15, -0.1) is 0 Å². The molecule has 1 aliphatic heterocycles. The third-order valence-corrected chi connectivity index (χ3v) is 4.73. The predicted octanol–water partition coefficient (Wildman–Crippen LogP) is 3.89. The third-order valence-electron chi connectivity index (χ3n) is 4.73. The van der Waals surface area contributed by atoms with E-state index in [9.17, 15) is 0 Å². The summed E-state index contributed by atoms with van der Waals surface area (Å²) in [4.78, 5) is 2.50. The molecule has 2 heterocycles. The molecule has 0 spiro atoms. The van der Waals surface area contributed by atoms with Crippen molar-refractivity contribution < 1.29 is 4.42 Å². The Labute approximate surface area is 148 Å². The van der Waals surface area contributed by atoms with Crippen LogP contribution in [0.4, 0.5) is 0 Å². The molecule has 0 aliphatic carbocycles. The molecule has 0 atom stereocenters. The van der Waals surface area contributed by atoms with Gasteiger partial charge in [0.1, 0.15) is 11.5 Å². The minimum absolute atomic E-state index is 0.815. The zero-order chi connectivity index (χ0) is 17.1. The Morgan fingerprint density at radius 2 is 1.76 bits per heavy atom. The first kappa shape index (κ1) is 15.9. The van der Waals surface area contributed by atoms with Gasteiger partial charge in [-0.25, -0.2) is 0 Å². The number of furan rings is 1. The molecule has 2 aromatic carbocycles. The van der Waals surface area contributed by atoms with Crippen LogP contribution in [0.15, 0.2) is 64.1 Å². The summed E-state index contributed by atoms with van der Waals surface area (Å²) in [5.41, 5.74) is 1.40. The molecule has 0 amide bonds. The van der Waals surface area contributed by atoms with Crippen molar-refractivity contribution in [1.82, 2.24) is 9.91 Å². The van der Waals surface area contributed by atoms with Gasteiger partial charge in [-0.2, -0.15) is 5.10 Å². The predicted molar refractivity (Wildman–Crippen MR) is 102 cm³/mol. The highest BCUT2D eigenvalue weighted by atomic mass is 16.3. The molecule has 4 heteroatoms. The van der Waals surface area contributed by atoms with Crippen molar-refractivity contribution in [1.29, 1.82) is 0 Å². The van der Waals surface area contributed by atoms with E-state index >= 15 is 0 Å². The van der Waals surface area contributed by atoms with E-state index in [1.807, 2.05) is 25.3 Å². The molecule has 128 valence electrons. The van der Waals surface area contributed by atoms with Crippen molar-refractivity contribution in [3.05, 3.63) is 71.7 Å². The number of hydrazone groups is 1. The number of nitrogens with zero attached hydrogens (tertiary/aromatic N) is 3. The van der Waals surface area contributed by atoms with Crippen molar-refractivity contribution >= 4 is 17.0 Å². The van der Waals surface area contributed by atoms with Crippen LogP contribution >= 0.6 is 0 Å².